The van der Waals surface area contributed by atoms with E-state index in [1.807, 2.05) is 11.9 Å². The van der Waals surface area contributed by atoms with Crippen molar-refractivity contribution in [2.24, 2.45) is 7.05 Å². The summed E-state index contributed by atoms with van der Waals surface area (Å²) >= 11 is 6.25. The second kappa shape index (κ2) is 7.58. The van der Waals surface area contributed by atoms with E-state index in [-0.39, 0.29) is 5.91 Å². The molecule has 0 atom stereocenters. The number of likely N-dealkylation sites (tertiary alicyclic amines) is 1. The highest BCUT2D eigenvalue weighted by Crippen LogP contribution is 2.19. The van der Waals surface area contributed by atoms with Gasteiger partial charge in [-0.15, -0.1) is 0 Å². The van der Waals surface area contributed by atoms with Gasteiger partial charge in [-0.3, -0.25) is 9.48 Å². The second-order valence-electron chi connectivity index (χ2n) is 6.73. The molecule has 0 bridgehead atoms. The first-order valence-corrected chi connectivity index (χ1v) is 9.07. The maximum Gasteiger partial charge on any atom is 0.259 e. The number of amides is 1. The van der Waals surface area contributed by atoms with Crippen molar-refractivity contribution in [3.8, 4) is 0 Å². The maximum absolute atomic E-state index is 13.1. The zero-order chi connectivity index (χ0) is 18.0. The zero-order valence-corrected chi connectivity index (χ0v) is 15.8. The van der Waals surface area contributed by atoms with Crippen LogP contribution in [-0.4, -0.2) is 51.9 Å². The van der Waals surface area contributed by atoms with E-state index in [9.17, 15) is 4.79 Å². The molecule has 1 saturated heterocycles. The number of halogens is 1. The number of hydrogen-bond donors (Lipinski definition) is 1. The Morgan fingerprint density at radius 2 is 2.12 bits per heavy atom. The summed E-state index contributed by atoms with van der Waals surface area (Å²) < 4.78 is 6.84. The molecular formula is C17H25ClN5O2+. The molecule has 8 heteroatoms. The lowest BCUT2D eigenvalue weighted by Crippen LogP contribution is -3.10. The van der Waals surface area contributed by atoms with Gasteiger partial charge >= 0.3 is 0 Å². The molecule has 0 aliphatic carbocycles. The van der Waals surface area contributed by atoms with Crippen LogP contribution >= 0.6 is 11.6 Å². The molecule has 1 aliphatic rings. The van der Waals surface area contributed by atoms with E-state index in [1.165, 1.54) is 25.9 Å². The third-order valence-electron chi connectivity index (χ3n) is 4.78. The summed E-state index contributed by atoms with van der Waals surface area (Å²) in [5.41, 5.74) is 1.87. The molecule has 3 rings (SSSR count). The summed E-state index contributed by atoms with van der Waals surface area (Å²) in [6, 6.07) is 0. The molecule has 136 valence electrons. The Bertz CT molecular complexity index is 729. The van der Waals surface area contributed by atoms with Crippen molar-refractivity contribution >= 4 is 17.5 Å². The molecule has 25 heavy (non-hydrogen) atoms. The molecule has 0 radical (unpaired) electrons. The molecule has 2 aromatic heterocycles. The summed E-state index contributed by atoms with van der Waals surface area (Å²) in [6.07, 6.45) is 4.28. The molecule has 3 heterocycles. The fourth-order valence-electron chi connectivity index (χ4n) is 3.41. The van der Waals surface area contributed by atoms with Crippen LogP contribution in [0.15, 0.2) is 10.7 Å². The largest absolute Gasteiger partial charge is 0.361 e. The van der Waals surface area contributed by atoms with Gasteiger partial charge in [-0.1, -0.05) is 16.8 Å². The molecule has 1 aliphatic heterocycles. The van der Waals surface area contributed by atoms with Crippen LogP contribution in [0.4, 0.5) is 0 Å². The number of aryl methyl sites for hydroxylation is 3. The Hall–Kier alpha value is -1.86. The van der Waals surface area contributed by atoms with Crippen LogP contribution in [0.25, 0.3) is 0 Å². The summed E-state index contributed by atoms with van der Waals surface area (Å²) in [7, 11) is 1.82. The predicted molar refractivity (Wildman–Crippen MR) is 93.7 cm³/mol. The van der Waals surface area contributed by atoms with Gasteiger partial charge < -0.3 is 14.3 Å². The Morgan fingerprint density at radius 3 is 2.68 bits per heavy atom. The van der Waals surface area contributed by atoms with Crippen molar-refractivity contribution < 1.29 is 14.2 Å². The van der Waals surface area contributed by atoms with Crippen molar-refractivity contribution in [3.63, 3.8) is 0 Å². The monoisotopic (exact) mass is 366 g/mol. The second-order valence-corrected chi connectivity index (χ2v) is 7.14. The summed E-state index contributed by atoms with van der Waals surface area (Å²) in [4.78, 5) is 16.5. The topological polar surface area (TPSA) is 68.6 Å². The van der Waals surface area contributed by atoms with E-state index in [2.05, 4.69) is 10.3 Å². The molecule has 0 unspecified atom stereocenters. The standard InChI is InChI=1S/C17H24ClN5O2/c1-12-16(13(2)25-20-12)17(24)23(9-8-22-6-4-5-7-22)11-15-14(18)10-21(3)19-15/h10H,4-9,11H2,1-3H3/p+1. The normalized spacial score (nSPS) is 15.0. The van der Waals surface area contributed by atoms with Crippen molar-refractivity contribution in [2.75, 3.05) is 26.2 Å². The van der Waals surface area contributed by atoms with Crippen molar-refractivity contribution in [1.82, 2.24) is 19.8 Å². The van der Waals surface area contributed by atoms with Gasteiger partial charge in [-0.2, -0.15) is 5.10 Å². The molecule has 0 aromatic carbocycles. The maximum atomic E-state index is 13.1. The van der Waals surface area contributed by atoms with Crippen LogP contribution in [0.1, 0.15) is 40.3 Å². The predicted octanol–water partition coefficient (Wildman–Crippen LogP) is 0.999. The van der Waals surface area contributed by atoms with Crippen LogP contribution in [0.5, 0.6) is 0 Å². The molecule has 7 nitrogen and oxygen atoms in total. The average molecular weight is 367 g/mol. The van der Waals surface area contributed by atoms with E-state index in [4.69, 9.17) is 16.1 Å². The number of rotatable bonds is 6. The summed E-state index contributed by atoms with van der Waals surface area (Å²) in [5, 5.41) is 8.87. The van der Waals surface area contributed by atoms with Crippen LogP contribution in [0.2, 0.25) is 5.02 Å². The van der Waals surface area contributed by atoms with Gasteiger partial charge in [0.1, 0.15) is 17.0 Å². The smallest absolute Gasteiger partial charge is 0.259 e. The van der Waals surface area contributed by atoms with Gasteiger partial charge in [-0.05, 0) is 13.8 Å². The molecule has 1 N–H and O–H groups in total. The van der Waals surface area contributed by atoms with Gasteiger partial charge in [0.25, 0.3) is 5.91 Å². The van der Waals surface area contributed by atoms with Crippen molar-refractivity contribution in [1.29, 1.82) is 0 Å². The highest BCUT2D eigenvalue weighted by molar-refractivity contribution is 6.31. The zero-order valence-electron chi connectivity index (χ0n) is 15.0. The summed E-state index contributed by atoms with van der Waals surface area (Å²) in [6.45, 7) is 7.89. The van der Waals surface area contributed by atoms with Crippen LogP contribution in [0, 0.1) is 13.8 Å². The quantitative estimate of drug-likeness (QED) is 0.828. The minimum Gasteiger partial charge on any atom is -0.361 e. The Morgan fingerprint density at radius 1 is 1.40 bits per heavy atom. The number of nitrogens with one attached hydrogen (secondary N) is 1. The van der Waals surface area contributed by atoms with E-state index < -0.39 is 0 Å². The number of carbonyl (C=O) groups is 1. The van der Waals surface area contributed by atoms with E-state index in [0.717, 1.165) is 6.54 Å². The molecule has 0 spiro atoms. The number of quaternary nitrogens is 1. The number of carbonyl (C=O) groups excluding carboxylic acids is 1. The number of hydrogen-bond acceptors (Lipinski definition) is 4. The Labute approximate surface area is 152 Å². The lowest BCUT2D eigenvalue weighted by molar-refractivity contribution is -0.886. The Balaban J connectivity index is 1.79. The summed E-state index contributed by atoms with van der Waals surface area (Å²) in [5.74, 6) is 0.477. The van der Waals surface area contributed by atoms with E-state index >= 15 is 0 Å². The third kappa shape index (κ3) is 4.04. The van der Waals surface area contributed by atoms with Crippen LogP contribution in [-0.2, 0) is 13.6 Å². The molecule has 2 aromatic rings. The fourth-order valence-corrected chi connectivity index (χ4v) is 3.65. The average Bonchev–Trinajstić information content (AvgIpc) is 3.26. The number of nitrogens with zero attached hydrogens (tertiary/aromatic N) is 4. The minimum absolute atomic E-state index is 0.0726. The molecule has 0 saturated carbocycles. The highest BCUT2D eigenvalue weighted by Gasteiger charge is 2.26. The number of aromatic nitrogens is 3. The SMILES string of the molecule is Cc1noc(C)c1C(=O)N(CC[NH+]1CCCC1)Cc1nn(C)cc1Cl. The third-order valence-corrected chi connectivity index (χ3v) is 5.09. The van der Waals surface area contributed by atoms with Gasteiger partial charge in [0, 0.05) is 26.1 Å². The first kappa shape index (κ1) is 17.9. The van der Waals surface area contributed by atoms with Crippen LogP contribution in [0.3, 0.4) is 0 Å². The van der Waals surface area contributed by atoms with E-state index in [1.54, 1.807) is 29.6 Å². The first-order chi connectivity index (χ1) is 12.0. The van der Waals surface area contributed by atoms with Crippen molar-refractivity contribution in [2.45, 2.75) is 33.2 Å². The molecular weight excluding hydrogens is 342 g/mol. The molecule has 1 fully saturated rings. The highest BCUT2D eigenvalue weighted by atomic mass is 35.5. The van der Waals surface area contributed by atoms with E-state index in [0.29, 0.717) is 40.8 Å². The van der Waals surface area contributed by atoms with Gasteiger partial charge in [0.15, 0.2) is 0 Å². The van der Waals surface area contributed by atoms with Gasteiger partial charge in [-0.25, -0.2) is 0 Å². The first-order valence-electron chi connectivity index (χ1n) is 8.69. The lowest BCUT2D eigenvalue weighted by atomic mass is 10.1. The molecule has 1 amide bonds. The fraction of sp³-hybridized carbons (Fsp3) is 0.588. The van der Waals surface area contributed by atoms with Crippen LogP contribution < -0.4 is 4.90 Å². The lowest BCUT2D eigenvalue weighted by Gasteiger charge is -2.23. The Kier molecular flexibility index (Phi) is 5.44. The van der Waals surface area contributed by atoms with Gasteiger partial charge in [0.05, 0.1) is 43.4 Å². The van der Waals surface area contributed by atoms with Crippen molar-refractivity contribution in [3.05, 3.63) is 33.9 Å². The van der Waals surface area contributed by atoms with Gasteiger partial charge in [0.2, 0.25) is 0 Å². The minimum atomic E-state index is -0.0726.